The zero-order chi connectivity index (χ0) is 24.0. The van der Waals surface area contributed by atoms with E-state index in [0.717, 1.165) is 14.8 Å². The van der Waals surface area contributed by atoms with Gasteiger partial charge in [0.15, 0.2) is 0 Å². The fourth-order valence-corrected chi connectivity index (χ4v) is 3.24. The molecule has 1 atom stereocenters. The molecule has 1 aromatic heterocycles. The minimum Gasteiger partial charge on any atom is -0.444 e. The number of nitriles is 1. The van der Waals surface area contributed by atoms with Gasteiger partial charge in [-0.1, -0.05) is 48.5 Å². The quantitative estimate of drug-likeness (QED) is 0.620. The van der Waals surface area contributed by atoms with Crippen LogP contribution < -0.4 is 16.6 Å². The topological polar surface area (TPSA) is 119 Å². The van der Waals surface area contributed by atoms with Gasteiger partial charge in [0.25, 0.3) is 5.56 Å². The Morgan fingerprint density at radius 2 is 1.70 bits per heavy atom. The summed E-state index contributed by atoms with van der Waals surface area (Å²) in [7, 11) is 0. The number of nitrogens with one attached hydrogen (secondary N) is 1. The molecule has 1 heterocycles. The number of amides is 1. The van der Waals surface area contributed by atoms with E-state index in [-0.39, 0.29) is 6.54 Å². The standard InChI is InChI=1S/C24H25N5O4/c1-24(2,3)33-22(31)26-18(14-17-10-6-4-7-11-17)16-28-21(30)20(15-25)27-29(23(28)32)19-12-8-5-9-13-19/h4-13,18H,14,16H2,1-3H3,(H,26,31). The first-order chi connectivity index (χ1) is 15.7. The van der Waals surface area contributed by atoms with Gasteiger partial charge in [-0.15, -0.1) is 5.10 Å². The van der Waals surface area contributed by atoms with Gasteiger partial charge in [0.2, 0.25) is 5.69 Å². The van der Waals surface area contributed by atoms with Crippen LogP contribution in [0.15, 0.2) is 70.3 Å². The zero-order valence-electron chi connectivity index (χ0n) is 18.7. The van der Waals surface area contributed by atoms with E-state index in [9.17, 15) is 19.6 Å². The molecule has 0 spiro atoms. The lowest BCUT2D eigenvalue weighted by atomic mass is 10.1. The second-order valence-corrected chi connectivity index (χ2v) is 8.44. The van der Waals surface area contributed by atoms with Gasteiger partial charge in [-0.25, -0.2) is 9.59 Å². The van der Waals surface area contributed by atoms with Gasteiger partial charge in [-0.2, -0.15) is 9.94 Å². The molecule has 0 fully saturated rings. The van der Waals surface area contributed by atoms with Crippen LogP contribution in [0.2, 0.25) is 0 Å². The monoisotopic (exact) mass is 447 g/mol. The molecule has 0 saturated heterocycles. The van der Waals surface area contributed by atoms with E-state index in [1.807, 2.05) is 30.3 Å². The van der Waals surface area contributed by atoms with Crippen molar-refractivity contribution in [1.82, 2.24) is 19.7 Å². The molecule has 0 aliphatic carbocycles. The molecule has 1 N–H and O–H groups in total. The van der Waals surface area contributed by atoms with Crippen LogP contribution in [-0.2, 0) is 17.7 Å². The highest BCUT2D eigenvalue weighted by Gasteiger charge is 2.23. The summed E-state index contributed by atoms with van der Waals surface area (Å²) < 4.78 is 7.28. The summed E-state index contributed by atoms with van der Waals surface area (Å²) in [6, 6.07) is 18.9. The molecule has 0 aliphatic heterocycles. The summed E-state index contributed by atoms with van der Waals surface area (Å²) in [4.78, 5) is 38.5. The Bertz CT molecular complexity index is 1270. The van der Waals surface area contributed by atoms with Crippen LogP contribution in [0.3, 0.4) is 0 Å². The molecule has 2 aromatic carbocycles. The van der Waals surface area contributed by atoms with E-state index in [0.29, 0.717) is 12.1 Å². The number of benzene rings is 2. The maximum atomic E-state index is 13.2. The number of hydrogen-bond acceptors (Lipinski definition) is 6. The van der Waals surface area contributed by atoms with Gasteiger partial charge >= 0.3 is 11.8 Å². The van der Waals surface area contributed by atoms with E-state index in [1.165, 1.54) is 0 Å². The van der Waals surface area contributed by atoms with Crippen LogP contribution in [0, 0.1) is 11.3 Å². The van der Waals surface area contributed by atoms with E-state index in [4.69, 9.17) is 4.74 Å². The summed E-state index contributed by atoms with van der Waals surface area (Å²) >= 11 is 0. The van der Waals surface area contributed by atoms with Crippen molar-refractivity contribution in [2.24, 2.45) is 0 Å². The van der Waals surface area contributed by atoms with Gasteiger partial charge in [0.1, 0.15) is 11.7 Å². The molecule has 3 rings (SSSR count). The smallest absolute Gasteiger partial charge is 0.407 e. The number of aromatic nitrogens is 3. The zero-order valence-corrected chi connectivity index (χ0v) is 18.7. The van der Waals surface area contributed by atoms with Gasteiger partial charge in [0.05, 0.1) is 18.3 Å². The van der Waals surface area contributed by atoms with Crippen LogP contribution in [0.1, 0.15) is 32.0 Å². The van der Waals surface area contributed by atoms with Crippen LogP contribution in [0.4, 0.5) is 4.79 Å². The molecular formula is C24H25N5O4. The molecule has 0 saturated carbocycles. The molecule has 9 nitrogen and oxygen atoms in total. The number of para-hydroxylation sites is 1. The first-order valence-electron chi connectivity index (χ1n) is 10.4. The Hall–Kier alpha value is -4.19. The number of nitrogens with zero attached hydrogens (tertiary/aromatic N) is 4. The third-order valence-electron chi connectivity index (χ3n) is 4.62. The Kier molecular flexibility index (Phi) is 7.08. The van der Waals surface area contributed by atoms with Crippen LogP contribution in [-0.4, -0.2) is 32.1 Å². The minimum absolute atomic E-state index is 0.171. The summed E-state index contributed by atoms with van der Waals surface area (Å²) in [5.74, 6) is 0. The maximum Gasteiger partial charge on any atom is 0.407 e. The first-order valence-corrected chi connectivity index (χ1v) is 10.4. The molecule has 0 aliphatic rings. The molecule has 33 heavy (non-hydrogen) atoms. The van der Waals surface area contributed by atoms with Crippen molar-refractivity contribution in [2.45, 2.75) is 45.4 Å². The SMILES string of the molecule is CC(C)(C)OC(=O)NC(Cc1ccccc1)Cn1c(=O)c(C#N)nn(-c2ccccc2)c1=O. The third kappa shape index (κ3) is 6.17. The van der Waals surface area contributed by atoms with Gasteiger partial charge in [-0.3, -0.25) is 9.36 Å². The van der Waals surface area contributed by atoms with Crippen molar-refractivity contribution in [3.8, 4) is 11.8 Å². The molecule has 1 unspecified atom stereocenters. The average Bonchev–Trinajstić information content (AvgIpc) is 2.76. The third-order valence-corrected chi connectivity index (χ3v) is 4.62. The highest BCUT2D eigenvalue weighted by molar-refractivity contribution is 5.68. The number of carbonyl (C=O) groups excluding carboxylic acids is 1. The average molecular weight is 447 g/mol. The second kappa shape index (κ2) is 9.96. The summed E-state index contributed by atoms with van der Waals surface area (Å²) in [6.45, 7) is 5.05. The number of carbonyl (C=O) groups is 1. The fraction of sp³-hybridized carbons (Fsp3) is 0.292. The van der Waals surface area contributed by atoms with Crippen molar-refractivity contribution in [2.75, 3.05) is 0 Å². The molecule has 3 aromatic rings. The molecular weight excluding hydrogens is 422 g/mol. The van der Waals surface area contributed by atoms with Crippen molar-refractivity contribution in [3.05, 3.63) is 92.8 Å². The summed E-state index contributed by atoms with van der Waals surface area (Å²) in [5.41, 5.74) is -1.37. The van der Waals surface area contributed by atoms with E-state index < -0.39 is 34.7 Å². The summed E-state index contributed by atoms with van der Waals surface area (Å²) in [6.07, 6.45) is -0.337. The number of rotatable bonds is 6. The predicted octanol–water partition coefficient (Wildman–Crippen LogP) is 2.40. The van der Waals surface area contributed by atoms with Crippen LogP contribution in [0.25, 0.3) is 5.69 Å². The summed E-state index contributed by atoms with van der Waals surface area (Å²) in [5, 5.41) is 16.1. The highest BCUT2D eigenvalue weighted by atomic mass is 16.6. The second-order valence-electron chi connectivity index (χ2n) is 8.44. The molecule has 9 heteroatoms. The van der Waals surface area contributed by atoms with Gasteiger partial charge in [-0.05, 0) is 44.9 Å². The van der Waals surface area contributed by atoms with E-state index in [1.54, 1.807) is 57.2 Å². The predicted molar refractivity (Wildman–Crippen MR) is 122 cm³/mol. The van der Waals surface area contributed by atoms with E-state index in [2.05, 4.69) is 10.4 Å². The largest absolute Gasteiger partial charge is 0.444 e. The lowest BCUT2D eigenvalue weighted by Crippen LogP contribution is -2.49. The Labute approximate surface area is 190 Å². The lowest BCUT2D eigenvalue weighted by molar-refractivity contribution is 0.0498. The highest BCUT2D eigenvalue weighted by Crippen LogP contribution is 2.09. The first kappa shape index (κ1) is 23.5. The Morgan fingerprint density at radius 3 is 2.27 bits per heavy atom. The Morgan fingerprint density at radius 1 is 1.09 bits per heavy atom. The van der Waals surface area contributed by atoms with E-state index >= 15 is 0 Å². The normalized spacial score (nSPS) is 11.9. The van der Waals surface area contributed by atoms with Crippen molar-refractivity contribution in [3.63, 3.8) is 0 Å². The minimum atomic E-state index is -0.821. The van der Waals surface area contributed by atoms with Crippen LogP contribution in [0.5, 0.6) is 0 Å². The maximum absolute atomic E-state index is 13.2. The van der Waals surface area contributed by atoms with Crippen molar-refractivity contribution < 1.29 is 9.53 Å². The number of alkyl carbamates (subject to hydrolysis) is 1. The Balaban J connectivity index is 2.02. The van der Waals surface area contributed by atoms with Crippen molar-refractivity contribution in [1.29, 1.82) is 5.26 Å². The molecule has 1 amide bonds. The molecule has 170 valence electrons. The fourth-order valence-electron chi connectivity index (χ4n) is 3.24. The van der Waals surface area contributed by atoms with Crippen molar-refractivity contribution >= 4 is 6.09 Å². The van der Waals surface area contributed by atoms with Gasteiger partial charge in [0, 0.05) is 0 Å². The van der Waals surface area contributed by atoms with Crippen LogP contribution >= 0.6 is 0 Å². The molecule has 0 bridgehead atoms. The number of ether oxygens (including phenoxy) is 1. The molecule has 0 radical (unpaired) electrons. The lowest BCUT2D eigenvalue weighted by Gasteiger charge is -2.24. The van der Waals surface area contributed by atoms with Gasteiger partial charge < -0.3 is 10.1 Å². The number of hydrogen-bond donors (Lipinski definition) is 1.